The van der Waals surface area contributed by atoms with Crippen molar-refractivity contribution in [1.29, 1.82) is 0 Å². The second-order valence-electron chi connectivity index (χ2n) is 10.3. The molecule has 4 aromatic carbocycles. The molecule has 0 saturated carbocycles. The number of carbonyl (C=O) groups excluding carboxylic acids is 2. The molecule has 0 aliphatic heterocycles. The van der Waals surface area contributed by atoms with Gasteiger partial charge in [-0.15, -0.1) is 0 Å². The lowest BCUT2D eigenvalue weighted by Crippen LogP contribution is -2.48. The number of rotatable bonds is 10. The van der Waals surface area contributed by atoms with Crippen molar-refractivity contribution in [3.8, 4) is 11.1 Å². The van der Waals surface area contributed by atoms with E-state index in [1.54, 1.807) is 26.0 Å². The van der Waals surface area contributed by atoms with E-state index in [1.165, 1.54) is 6.07 Å². The highest BCUT2D eigenvalue weighted by atomic mass is 16.5. The molecule has 42 heavy (non-hydrogen) atoms. The monoisotopic (exact) mass is 564 g/mol. The van der Waals surface area contributed by atoms with Crippen molar-refractivity contribution in [3.63, 3.8) is 0 Å². The SMILES string of the molecule is Cc1cc(C(=O)NC(C(=O)O)C(C)OCc2ccccc2)ccc1NC(=O)OCC1c2ccccc2-c2ccccc21. The predicted octanol–water partition coefficient (Wildman–Crippen LogP) is 6.14. The van der Waals surface area contributed by atoms with Crippen molar-refractivity contribution in [2.75, 3.05) is 11.9 Å². The molecule has 1 aliphatic carbocycles. The van der Waals surface area contributed by atoms with Gasteiger partial charge in [0.15, 0.2) is 6.04 Å². The molecule has 2 amide bonds. The zero-order valence-corrected chi connectivity index (χ0v) is 23.4. The number of nitrogens with one attached hydrogen (secondary N) is 2. The zero-order valence-electron chi connectivity index (χ0n) is 23.4. The van der Waals surface area contributed by atoms with Crippen molar-refractivity contribution >= 4 is 23.7 Å². The van der Waals surface area contributed by atoms with Gasteiger partial charge in [-0.05, 0) is 65.4 Å². The van der Waals surface area contributed by atoms with Gasteiger partial charge in [-0.1, -0.05) is 78.9 Å². The molecule has 214 valence electrons. The second-order valence-corrected chi connectivity index (χ2v) is 10.3. The first-order valence-corrected chi connectivity index (χ1v) is 13.7. The van der Waals surface area contributed by atoms with Crippen LogP contribution in [0.4, 0.5) is 10.5 Å². The third-order valence-corrected chi connectivity index (χ3v) is 7.45. The average Bonchev–Trinajstić information content (AvgIpc) is 3.32. The summed E-state index contributed by atoms with van der Waals surface area (Å²) in [6, 6.07) is 29.1. The fraction of sp³-hybridized carbons (Fsp3) is 0.206. The molecule has 0 fully saturated rings. The van der Waals surface area contributed by atoms with E-state index < -0.39 is 30.1 Å². The van der Waals surface area contributed by atoms with Gasteiger partial charge < -0.3 is 19.9 Å². The number of carboxylic acids is 1. The summed E-state index contributed by atoms with van der Waals surface area (Å²) < 4.78 is 11.3. The molecule has 2 atom stereocenters. The number of carbonyl (C=O) groups is 3. The molecule has 0 bridgehead atoms. The Hall–Kier alpha value is -4.95. The molecule has 0 saturated heterocycles. The first-order chi connectivity index (χ1) is 20.3. The van der Waals surface area contributed by atoms with E-state index in [4.69, 9.17) is 9.47 Å². The number of hydrogen-bond donors (Lipinski definition) is 3. The molecule has 5 rings (SSSR count). The van der Waals surface area contributed by atoms with Crippen LogP contribution in [-0.2, 0) is 20.9 Å². The highest BCUT2D eigenvalue weighted by Crippen LogP contribution is 2.44. The summed E-state index contributed by atoms with van der Waals surface area (Å²) in [7, 11) is 0. The topological polar surface area (TPSA) is 114 Å². The molecule has 1 aliphatic rings. The van der Waals surface area contributed by atoms with Gasteiger partial charge in [-0.3, -0.25) is 10.1 Å². The fourth-order valence-corrected chi connectivity index (χ4v) is 5.19. The van der Waals surface area contributed by atoms with Gasteiger partial charge in [0.1, 0.15) is 6.61 Å². The first kappa shape index (κ1) is 28.6. The van der Waals surface area contributed by atoms with Gasteiger partial charge in [-0.25, -0.2) is 9.59 Å². The third kappa shape index (κ3) is 6.34. The lowest BCUT2D eigenvalue weighted by atomic mass is 9.98. The number of ether oxygens (including phenoxy) is 2. The Balaban J connectivity index is 1.18. The number of fused-ring (bicyclic) bond motifs is 3. The maximum Gasteiger partial charge on any atom is 0.411 e. The molecule has 0 radical (unpaired) electrons. The molecule has 2 unspecified atom stereocenters. The van der Waals surface area contributed by atoms with E-state index >= 15 is 0 Å². The highest BCUT2D eigenvalue weighted by Gasteiger charge is 2.30. The van der Waals surface area contributed by atoms with Crippen LogP contribution in [0.5, 0.6) is 0 Å². The lowest BCUT2D eigenvalue weighted by Gasteiger charge is -2.22. The summed E-state index contributed by atoms with van der Waals surface area (Å²) in [6.07, 6.45) is -1.38. The van der Waals surface area contributed by atoms with Crippen LogP contribution in [0.15, 0.2) is 97.1 Å². The van der Waals surface area contributed by atoms with E-state index in [1.807, 2.05) is 54.6 Å². The molecule has 0 spiro atoms. The highest BCUT2D eigenvalue weighted by molar-refractivity contribution is 5.98. The molecule has 8 heteroatoms. The second kappa shape index (κ2) is 12.7. The third-order valence-electron chi connectivity index (χ3n) is 7.45. The summed E-state index contributed by atoms with van der Waals surface area (Å²) in [5.74, 6) is -1.82. The van der Waals surface area contributed by atoms with Crippen LogP contribution < -0.4 is 10.6 Å². The Bertz CT molecular complexity index is 1560. The smallest absolute Gasteiger partial charge is 0.411 e. The van der Waals surface area contributed by atoms with Crippen molar-refractivity contribution < 1.29 is 29.0 Å². The van der Waals surface area contributed by atoms with Crippen molar-refractivity contribution in [3.05, 3.63) is 125 Å². The van der Waals surface area contributed by atoms with Gasteiger partial charge in [0, 0.05) is 17.2 Å². The standard InChI is InChI=1S/C34H32N2O6/c1-21-18-24(32(37)36-31(33(38)39)22(2)41-19-23-10-4-3-5-11-23)16-17-30(21)35-34(40)42-20-29-27-14-8-6-12-25(27)26-13-7-9-15-28(26)29/h3-18,22,29,31H,19-20H2,1-2H3,(H,35,40)(H,36,37)(H,38,39). The number of benzene rings is 4. The van der Waals surface area contributed by atoms with Crippen molar-refractivity contribution in [2.24, 2.45) is 0 Å². The molecular weight excluding hydrogens is 532 g/mol. The van der Waals surface area contributed by atoms with Crippen LogP contribution in [0, 0.1) is 6.92 Å². The zero-order chi connectivity index (χ0) is 29.6. The summed E-state index contributed by atoms with van der Waals surface area (Å²) in [5.41, 5.74) is 6.80. The van der Waals surface area contributed by atoms with Crippen LogP contribution in [0.2, 0.25) is 0 Å². The number of carboxylic acid groups (broad SMARTS) is 1. The van der Waals surface area contributed by atoms with Gasteiger partial charge in [-0.2, -0.15) is 0 Å². The predicted molar refractivity (Wildman–Crippen MR) is 159 cm³/mol. The molecule has 3 N–H and O–H groups in total. The van der Waals surface area contributed by atoms with Gasteiger partial charge >= 0.3 is 12.1 Å². The molecular formula is C34H32N2O6. The number of aryl methyl sites for hydroxylation is 1. The van der Waals surface area contributed by atoms with E-state index in [0.29, 0.717) is 11.3 Å². The Morgan fingerprint density at radius 3 is 2.10 bits per heavy atom. The summed E-state index contributed by atoms with van der Waals surface area (Å²) >= 11 is 0. The Kier molecular flexibility index (Phi) is 8.64. The Morgan fingerprint density at radius 2 is 1.48 bits per heavy atom. The number of amides is 2. The van der Waals surface area contributed by atoms with E-state index in [-0.39, 0.29) is 24.7 Å². The summed E-state index contributed by atoms with van der Waals surface area (Å²) in [6.45, 7) is 3.75. The van der Waals surface area contributed by atoms with Crippen molar-refractivity contribution in [1.82, 2.24) is 5.32 Å². The van der Waals surface area contributed by atoms with Crippen LogP contribution in [0.25, 0.3) is 11.1 Å². The van der Waals surface area contributed by atoms with E-state index in [2.05, 4.69) is 34.9 Å². The molecule has 8 nitrogen and oxygen atoms in total. The molecule has 4 aromatic rings. The van der Waals surface area contributed by atoms with Gasteiger partial charge in [0.05, 0.1) is 12.7 Å². The molecule has 0 aromatic heterocycles. The summed E-state index contributed by atoms with van der Waals surface area (Å²) in [4.78, 5) is 37.6. The fourth-order valence-electron chi connectivity index (χ4n) is 5.19. The maximum atomic E-state index is 12.9. The number of anilines is 1. The van der Waals surface area contributed by atoms with Gasteiger partial charge in [0.2, 0.25) is 0 Å². The largest absolute Gasteiger partial charge is 0.480 e. The minimum atomic E-state index is -1.25. The quantitative estimate of drug-likeness (QED) is 0.213. The average molecular weight is 565 g/mol. The Morgan fingerprint density at radius 1 is 0.857 bits per heavy atom. The normalized spacial score (nSPS) is 13.4. The van der Waals surface area contributed by atoms with E-state index in [9.17, 15) is 19.5 Å². The number of aliphatic carboxylic acids is 1. The van der Waals surface area contributed by atoms with Crippen LogP contribution in [-0.4, -0.2) is 41.8 Å². The van der Waals surface area contributed by atoms with Crippen LogP contribution in [0.1, 0.15) is 45.5 Å². The minimum absolute atomic E-state index is 0.0587. The first-order valence-electron chi connectivity index (χ1n) is 13.7. The van der Waals surface area contributed by atoms with Crippen molar-refractivity contribution in [2.45, 2.75) is 38.5 Å². The minimum Gasteiger partial charge on any atom is -0.480 e. The van der Waals surface area contributed by atoms with Gasteiger partial charge in [0.25, 0.3) is 5.91 Å². The van der Waals surface area contributed by atoms with E-state index in [0.717, 1.165) is 27.8 Å². The number of hydrogen-bond acceptors (Lipinski definition) is 5. The van der Waals surface area contributed by atoms with Crippen LogP contribution in [0.3, 0.4) is 0 Å². The van der Waals surface area contributed by atoms with Crippen LogP contribution >= 0.6 is 0 Å². The maximum absolute atomic E-state index is 12.9. The summed E-state index contributed by atoms with van der Waals surface area (Å²) in [5, 5.41) is 15.0. The lowest BCUT2D eigenvalue weighted by molar-refractivity contribution is -0.143. The Labute approximate surface area is 244 Å². The molecule has 0 heterocycles.